The topological polar surface area (TPSA) is 182 Å². The minimum absolute atomic E-state index is 0.170. The maximum absolute atomic E-state index is 13.7. The second-order valence-electron chi connectivity index (χ2n) is 8.96. The summed E-state index contributed by atoms with van der Waals surface area (Å²) >= 11 is 0. The molecule has 10 heteroatoms. The third kappa shape index (κ3) is 2.48. The third-order valence-electron chi connectivity index (χ3n) is 7.02. The molecule has 1 fully saturated rings. The van der Waals surface area contributed by atoms with E-state index < -0.39 is 75.0 Å². The molecule has 10 nitrogen and oxygen atoms in total. The van der Waals surface area contributed by atoms with Crippen LogP contribution in [0.15, 0.2) is 35.1 Å². The van der Waals surface area contributed by atoms with Crippen LogP contribution < -0.4 is 5.73 Å². The Balaban J connectivity index is 2.05. The largest absolute Gasteiger partial charge is 0.508 e. The van der Waals surface area contributed by atoms with Gasteiger partial charge in [0.2, 0.25) is 5.78 Å². The van der Waals surface area contributed by atoms with E-state index in [-0.39, 0.29) is 17.5 Å². The van der Waals surface area contributed by atoms with Crippen molar-refractivity contribution >= 4 is 23.2 Å². The number of hydrogen-bond donors (Lipinski definition) is 6. The lowest BCUT2D eigenvalue weighted by Gasteiger charge is -2.53. The Hall–Kier alpha value is -3.21. The predicted octanol–water partition coefficient (Wildman–Crippen LogP) is -0.371. The second kappa shape index (κ2) is 6.64. The molecular formula is C22H24N2O8. The zero-order valence-corrected chi connectivity index (χ0v) is 17.7. The predicted molar refractivity (Wildman–Crippen MR) is 110 cm³/mol. The van der Waals surface area contributed by atoms with E-state index in [9.17, 15) is 39.9 Å². The molecule has 0 saturated heterocycles. The molecular weight excluding hydrogens is 420 g/mol. The number of amides is 1. The van der Waals surface area contributed by atoms with Gasteiger partial charge in [0.1, 0.15) is 22.8 Å². The number of aliphatic hydroxyl groups excluding tert-OH is 2. The van der Waals surface area contributed by atoms with Gasteiger partial charge in [-0.3, -0.25) is 19.3 Å². The summed E-state index contributed by atoms with van der Waals surface area (Å²) in [5.74, 6) is -7.90. The summed E-state index contributed by atoms with van der Waals surface area (Å²) in [5.41, 5.74) is -0.548. The highest BCUT2D eigenvalue weighted by atomic mass is 16.3. The fraction of sp³-hybridized carbons (Fsp3) is 0.409. The Labute approximate surface area is 182 Å². The van der Waals surface area contributed by atoms with Crippen molar-refractivity contribution < 1.29 is 39.9 Å². The molecule has 5 atom stereocenters. The number of nitrogens with two attached hydrogens (primary N) is 1. The molecule has 0 aromatic heterocycles. The number of nitrogens with zero attached hydrogens (tertiary/aromatic N) is 1. The highest BCUT2D eigenvalue weighted by Crippen LogP contribution is 2.57. The summed E-state index contributed by atoms with van der Waals surface area (Å²) < 4.78 is 0. The third-order valence-corrected chi connectivity index (χ3v) is 7.02. The zero-order valence-electron chi connectivity index (χ0n) is 17.7. The van der Waals surface area contributed by atoms with E-state index in [1.807, 2.05) is 0 Å². The van der Waals surface area contributed by atoms with Crippen LogP contribution in [0.3, 0.4) is 0 Å². The lowest BCUT2D eigenvalue weighted by molar-refractivity contribution is -0.159. The first-order valence-electron chi connectivity index (χ1n) is 9.97. The molecule has 7 N–H and O–H groups in total. The highest BCUT2D eigenvalue weighted by Gasteiger charge is 2.66. The van der Waals surface area contributed by atoms with Crippen molar-refractivity contribution in [3.8, 4) is 5.75 Å². The summed E-state index contributed by atoms with van der Waals surface area (Å²) in [7, 11) is 3.01. The normalized spacial score (nSPS) is 34.4. The molecule has 170 valence electrons. The Bertz CT molecular complexity index is 1150. The van der Waals surface area contributed by atoms with Crippen molar-refractivity contribution in [1.29, 1.82) is 0 Å². The first kappa shape index (κ1) is 22.0. The van der Waals surface area contributed by atoms with Gasteiger partial charge in [-0.25, -0.2) is 0 Å². The van der Waals surface area contributed by atoms with Gasteiger partial charge < -0.3 is 31.3 Å². The highest BCUT2D eigenvalue weighted by molar-refractivity contribution is 6.24. The minimum atomic E-state index is -2.75. The molecule has 1 aromatic rings. The Morgan fingerprint density at radius 3 is 2.34 bits per heavy atom. The first-order valence-corrected chi connectivity index (χ1v) is 9.97. The van der Waals surface area contributed by atoms with Gasteiger partial charge in [-0.2, -0.15) is 0 Å². The van der Waals surface area contributed by atoms with Crippen LogP contribution in [-0.4, -0.2) is 73.6 Å². The molecule has 0 bridgehead atoms. The minimum Gasteiger partial charge on any atom is -0.508 e. The van der Waals surface area contributed by atoms with Gasteiger partial charge in [-0.05, 0) is 39.1 Å². The number of primary amides is 1. The van der Waals surface area contributed by atoms with Crippen molar-refractivity contribution in [3.63, 3.8) is 0 Å². The number of rotatable bonds is 2. The van der Waals surface area contributed by atoms with Crippen molar-refractivity contribution in [2.45, 2.75) is 30.6 Å². The van der Waals surface area contributed by atoms with Crippen LogP contribution in [-0.2, 0) is 20.0 Å². The average Bonchev–Trinajstić information content (AvgIpc) is 2.68. The van der Waals surface area contributed by atoms with Gasteiger partial charge in [-0.1, -0.05) is 12.1 Å². The standard InChI is InChI=1S/C22H24N2O8/c1-21(31)8-5-4-6-11(25)12(8)16(26)13-9(21)7-10-15(24(2)3)17(27)14(20(23)30)19(29)22(10,32)18(13)28/h4-6,9-10,15,25-26,29,31-32H,7H2,1-3H3,(H2,23,30)/t9?,10?,15?,21-,22-/m0/s1. The van der Waals surface area contributed by atoms with Crippen molar-refractivity contribution in [2.75, 3.05) is 14.1 Å². The number of benzene rings is 1. The summed E-state index contributed by atoms with van der Waals surface area (Å²) in [6.45, 7) is 1.40. The molecule has 4 rings (SSSR count). The first-order chi connectivity index (χ1) is 14.8. The van der Waals surface area contributed by atoms with Crippen LogP contribution in [0.4, 0.5) is 0 Å². The van der Waals surface area contributed by atoms with Crippen LogP contribution in [0.2, 0.25) is 0 Å². The quantitative estimate of drug-likeness (QED) is 0.332. The maximum atomic E-state index is 13.7. The van der Waals surface area contributed by atoms with E-state index in [0.717, 1.165) is 0 Å². The molecule has 3 aliphatic rings. The van der Waals surface area contributed by atoms with E-state index in [2.05, 4.69) is 0 Å². The maximum Gasteiger partial charge on any atom is 0.255 e. The van der Waals surface area contributed by atoms with Crippen LogP contribution in [0.5, 0.6) is 5.75 Å². The number of carbonyl (C=O) groups is 3. The second-order valence-corrected chi connectivity index (χ2v) is 8.96. The van der Waals surface area contributed by atoms with Gasteiger partial charge in [0.15, 0.2) is 11.4 Å². The smallest absolute Gasteiger partial charge is 0.255 e. The number of aliphatic hydroxyl groups is 4. The molecule has 3 aliphatic carbocycles. The molecule has 0 radical (unpaired) electrons. The number of Topliss-reactive ketones (excluding diaryl/α,β-unsaturated/α-hetero) is 2. The number of phenols is 1. The number of carbonyl (C=O) groups excluding carboxylic acids is 3. The van der Waals surface area contributed by atoms with E-state index in [1.165, 1.54) is 44.1 Å². The van der Waals surface area contributed by atoms with Crippen molar-refractivity contribution in [1.82, 2.24) is 4.90 Å². The number of aromatic hydroxyl groups is 1. The number of hydrogen-bond acceptors (Lipinski definition) is 9. The molecule has 1 amide bonds. The van der Waals surface area contributed by atoms with Crippen molar-refractivity contribution in [2.24, 2.45) is 17.6 Å². The van der Waals surface area contributed by atoms with Gasteiger partial charge in [-0.15, -0.1) is 0 Å². The molecule has 0 aliphatic heterocycles. The molecule has 0 spiro atoms. The van der Waals surface area contributed by atoms with Crippen LogP contribution in [0.1, 0.15) is 24.5 Å². The molecule has 0 heterocycles. The Morgan fingerprint density at radius 2 is 1.78 bits per heavy atom. The Kier molecular flexibility index (Phi) is 4.57. The van der Waals surface area contributed by atoms with E-state index >= 15 is 0 Å². The van der Waals surface area contributed by atoms with E-state index in [0.29, 0.717) is 0 Å². The number of ketones is 2. The molecule has 32 heavy (non-hydrogen) atoms. The summed E-state index contributed by atoms with van der Waals surface area (Å²) in [4.78, 5) is 40.0. The molecule has 1 aromatic carbocycles. The van der Waals surface area contributed by atoms with Crippen LogP contribution in [0, 0.1) is 11.8 Å². The number of likely N-dealkylation sites (N-methyl/N-ethyl adjacent to an activating group) is 1. The monoisotopic (exact) mass is 444 g/mol. The van der Waals surface area contributed by atoms with E-state index in [4.69, 9.17) is 5.73 Å². The summed E-state index contributed by atoms with van der Waals surface area (Å²) in [6.07, 6.45) is -0.200. The number of fused-ring (bicyclic) bond motifs is 3. The van der Waals surface area contributed by atoms with Crippen molar-refractivity contribution in [3.05, 3.63) is 46.2 Å². The lowest BCUT2D eigenvalue weighted by atomic mass is 9.54. The summed E-state index contributed by atoms with van der Waals surface area (Å²) in [5, 5.41) is 54.9. The lowest BCUT2D eigenvalue weighted by Crippen LogP contribution is -2.67. The molecule has 3 unspecified atom stereocenters. The average molecular weight is 444 g/mol. The van der Waals surface area contributed by atoms with Gasteiger partial charge >= 0.3 is 0 Å². The van der Waals surface area contributed by atoms with Gasteiger partial charge in [0, 0.05) is 17.4 Å². The SMILES string of the molecule is CN(C)C1C(=O)C(C(N)=O)=C(O)[C@@]2(O)C(=O)C3=C(O)c4c(O)cccc4[C@](C)(O)C3CC12. The van der Waals surface area contributed by atoms with Crippen LogP contribution >= 0.6 is 0 Å². The molecule has 1 saturated carbocycles. The fourth-order valence-corrected chi connectivity index (χ4v) is 5.50. The van der Waals surface area contributed by atoms with Crippen LogP contribution in [0.25, 0.3) is 5.76 Å². The number of phenolic OH excluding ortho intramolecular Hbond substituents is 1. The van der Waals surface area contributed by atoms with E-state index in [1.54, 1.807) is 0 Å². The Morgan fingerprint density at radius 1 is 1.16 bits per heavy atom. The van der Waals surface area contributed by atoms with Gasteiger partial charge in [0.05, 0.1) is 17.2 Å². The fourth-order valence-electron chi connectivity index (χ4n) is 5.50. The van der Waals surface area contributed by atoms with Gasteiger partial charge in [0.25, 0.3) is 5.91 Å². The summed E-state index contributed by atoms with van der Waals surface area (Å²) in [6, 6.07) is 3.02. The zero-order chi connectivity index (χ0) is 23.9.